The second-order valence-electron chi connectivity index (χ2n) is 8.98. The number of hydrogen-bond acceptors (Lipinski definition) is 0. The minimum absolute atomic E-state index is 0.903. The smallest absolute Gasteiger partial charge is 0.0190 e. The first-order chi connectivity index (χ1) is 11.7. The zero-order chi connectivity index (χ0) is 16.3. The summed E-state index contributed by atoms with van der Waals surface area (Å²) in [5.41, 5.74) is 13.9. The van der Waals surface area contributed by atoms with Gasteiger partial charge in [0.1, 0.15) is 0 Å². The molecule has 0 bridgehead atoms. The van der Waals surface area contributed by atoms with E-state index in [9.17, 15) is 0 Å². The highest BCUT2D eigenvalue weighted by Gasteiger charge is 2.30. The van der Waals surface area contributed by atoms with Crippen LogP contribution in [0.5, 0.6) is 0 Å². The number of rotatable bonds is 0. The van der Waals surface area contributed by atoms with Crippen molar-refractivity contribution in [1.82, 2.24) is 0 Å². The third kappa shape index (κ3) is 2.25. The minimum atomic E-state index is 0.903. The van der Waals surface area contributed by atoms with E-state index < -0.39 is 0 Å². The van der Waals surface area contributed by atoms with Crippen LogP contribution in [0, 0.1) is 11.8 Å². The van der Waals surface area contributed by atoms with Crippen molar-refractivity contribution in [3.8, 4) is 0 Å². The molecule has 0 saturated heterocycles. The van der Waals surface area contributed by atoms with Crippen LogP contribution in [0.25, 0.3) is 11.1 Å². The second-order valence-corrected chi connectivity index (χ2v) is 8.98. The Morgan fingerprint density at radius 1 is 0.625 bits per heavy atom. The van der Waals surface area contributed by atoms with Gasteiger partial charge in [0.25, 0.3) is 0 Å². The molecular weight excluding hydrogens is 288 g/mol. The van der Waals surface area contributed by atoms with Gasteiger partial charge in [0, 0.05) is 0 Å². The van der Waals surface area contributed by atoms with Crippen molar-refractivity contribution in [2.45, 2.75) is 78.1 Å². The van der Waals surface area contributed by atoms with Crippen LogP contribution in [0.3, 0.4) is 0 Å². The third-order valence-corrected chi connectivity index (χ3v) is 7.25. The zero-order valence-corrected chi connectivity index (χ0v) is 15.4. The van der Waals surface area contributed by atoms with Crippen LogP contribution in [0.15, 0.2) is 23.3 Å². The topological polar surface area (TPSA) is 0 Å². The molecule has 0 aromatic heterocycles. The van der Waals surface area contributed by atoms with Crippen LogP contribution in [-0.2, 0) is 12.8 Å². The van der Waals surface area contributed by atoms with E-state index in [0.29, 0.717) is 0 Å². The van der Waals surface area contributed by atoms with Gasteiger partial charge in [-0.05, 0) is 109 Å². The molecule has 4 aliphatic rings. The fraction of sp³-hybridized carbons (Fsp3) is 0.583. The lowest BCUT2D eigenvalue weighted by Crippen LogP contribution is -2.19. The number of allylic oxidation sites excluding steroid dienone is 4. The molecule has 5 rings (SSSR count). The molecule has 0 saturated carbocycles. The van der Waals surface area contributed by atoms with Gasteiger partial charge < -0.3 is 0 Å². The summed E-state index contributed by atoms with van der Waals surface area (Å²) in [6.07, 6.45) is 13.5. The van der Waals surface area contributed by atoms with E-state index in [2.05, 4.69) is 26.0 Å². The molecule has 0 amide bonds. The molecule has 0 aliphatic heterocycles. The second kappa shape index (κ2) is 5.61. The Hall–Kier alpha value is -1.30. The lowest BCUT2D eigenvalue weighted by Gasteiger charge is -2.35. The molecule has 0 heteroatoms. The van der Waals surface area contributed by atoms with E-state index in [4.69, 9.17) is 0 Å². The number of benzene rings is 1. The summed E-state index contributed by atoms with van der Waals surface area (Å²) >= 11 is 0. The molecule has 2 atom stereocenters. The van der Waals surface area contributed by atoms with Crippen molar-refractivity contribution >= 4 is 11.1 Å². The van der Waals surface area contributed by atoms with Crippen molar-refractivity contribution in [2.24, 2.45) is 11.8 Å². The number of hydrogen-bond donors (Lipinski definition) is 0. The summed E-state index contributed by atoms with van der Waals surface area (Å²) in [7, 11) is 0. The fourth-order valence-corrected chi connectivity index (χ4v) is 5.96. The first-order valence-corrected chi connectivity index (χ1v) is 10.3. The van der Waals surface area contributed by atoms with Gasteiger partial charge in [-0.15, -0.1) is 0 Å². The Bertz CT molecular complexity index is 693. The van der Waals surface area contributed by atoms with Gasteiger partial charge in [-0.2, -0.15) is 0 Å². The third-order valence-electron chi connectivity index (χ3n) is 7.25. The van der Waals surface area contributed by atoms with E-state index in [-0.39, 0.29) is 0 Å². The van der Waals surface area contributed by atoms with Crippen molar-refractivity contribution in [2.75, 3.05) is 0 Å². The molecule has 0 nitrogen and oxygen atoms in total. The Morgan fingerprint density at radius 2 is 1.08 bits per heavy atom. The van der Waals surface area contributed by atoms with Crippen LogP contribution in [0.4, 0.5) is 0 Å². The summed E-state index contributed by atoms with van der Waals surface area (Å²) in [5.74, 6) is 1.81. The maximum Gasteiger partial charge on any atom is -0.0190 e. The SMILES string of the molecule is CC1CCC2=C(CCc3c2ccc2c3CCC3=C2CCC(C)C3)C1. The average Bonchev–Trinajstić information content (AvgIpc) is 2.60. The molecule has 0 fully saturated rings. The summed E-state index contributed by atoms with van der Waals surface area (Å²) < 4.78 is 0. The van der Waals surface area contributed by atoms with Crippen LogP contribution < -0.4 is 0 Å². The van der Waals surface area contributed by atoms with Crippen LogP contribution in [0.2, 0.25) is 0 Å². The normalized spacial score (nSPS) is 28.9. The van der Waals surface area contributed by atoms with E-state index >= 15 is 0 Å². The molecule has 1 aromatic carbocycles. The maximum absolute atomic E-state index is 2.51. The van der Waals surface area contributed by atoms with E-state index in [1.54, 1.807) is 44.5 Å². The van der Waals surface area contributed by atoms with E-state index in [1.165, 1.54) is 64.2 Å². The van der Waals surface area contributed by atoms with Gasteiger partial charge in [-0.3, -0.25) is 0 Å². The summed E-state index contributed by atoms with van der Waals surface area (Å²) in [5, 5.41) is 0. The van der Waals surface area contributed by atoms with Gasteiger partial charge in [0.2, 0.25) is 0 Å². The van der Waals surface area contributed by atoms with E-state index in [1.807, 2.05) is 0 Å². The molecule has 0 heterocycles. The summed E-state index contributed by atoms with van der Waals surface area (Å²) in [6.45, 7) is 4.87. The highest BCUT2D eigenvalue weighted by molar-refractivity contribution is 5.81. The van der Waals surface area contributed by atoms with Gasteiger partial charge in [-0.1, -0.05) is 37.1 Å². The van der Waals surface area contributed by atoms with Crippen LogP contribution in [-0.4, -0.2) is 0 Å². The Kier molecular flexibility index (Phi) is 3.51. The minimum Gasteiger partial charge on any atom is -0.0658 e. The standard InChI is InChI=1S/C24H30/c1-15-3-7-19-17(13-15)5-9-23-21(19)11-12-22-20-8-4-16(2)14-18(20)6-10-24(22)23/h11-12,15-16H,3-10,13-14H2,1-2H3. The molecule has 2 unspecified atom stereocenters. The lowest BCUT2D eigenvalue weighted by atomic mass is 9.69. The fourth-order valence-electron chi connectivity index (χ4n) is 5.96. The Morgan fingerprint density at radius 3 is 1.54 bits per heavy atom. The van der Waals surface area contributed by atoms with Crippen molar-refractivity contribution in [1.29, 1.82) is 0 Å². The Balaban J connectivity index is 1.61. The van der Waals surface area contributed by atoms with Gasteiger partial charge >= 0.3 is 0 Å². The van der Waals surface area contributed by atoms with Crippen molar-refractivity contribution in [3.05, 3.63) is 45.5 Å². The van der Waals surface area contributed by atoms with Crippen molar-refractivity contribution < 1.29 is 0 Å². The van der Waals surface area contributed by atoms with E-state index in [0.717, 1.165) is 11.8 Å². The molecule has 0 radical (unpaired) electrons. The predicted molar refractivity (Wildman–Crippen MR) is 103 cm³/mol. The average molecular weight is 319 g/mol. The van der Waals surface area contributed by atoms with Crippen LogP contribution >= 0.6 is 0 Å². The highest BCUT2D eigenvalue weighted by atomic mass is 14.3. The van der Waals surface area contributed by atoms with Gasteiger partial charge in [0.15, 0.2) is 0 Å². The molecule has 1 aromatic rings. The quantitative estimate of drug-likeness (QED) is 0.497. The predicted octanol–water partition coefficient (Wildman–Crippen LogP) is 6.73. The van der Waals surface area contributed by atoms with Gasteiger partial charge in [0.05, 0.1) is 0 Å². The Labute approximate surface area is 147 Å². The molecule has 0 N–H and O–H groups in total. The molecule has 126 valence electrons. The molecular formula is C24H30. The first-order valence-electron chi connectivity index (χ1n) is 10.3. The zero-order valence-electron chi connectivity index (χ0n) is 15.4. The van der Waals surface area contributed by atoms with Gasteiger partial charge in [-0.25, -0.2) is 0 Å². The monoisotopic (exact) mass is 318 g/mol. The lowest BCUT2D eigenvalue weighted by molar-refractivity contribution is 0.500. The van der Waals surface area contributed by atoms with Crippen molar-refractivity contribution in [3.63, 3.8) is 0 Å². The summed E-state index contributed by atoms with van der Waals surface area (Å²) in [6, 6.07) is 5.01. The first kappa shape index (κ1) is 15.0. The molecule has 0 spiro atoms. The van der Waals surface area contributed by atoms with Crippen LogP contribution in [0.1, 0.15) is 87.5 Å². The maximum atomic E-state index is 2.51. The highest BCUT2D eigenvalue weighted by Crippen LogP contribution is 2.48. The summed E-state index contributed by atoms with van der Waals surface area (Å²) in [4.78, 5) is 0. The largest absolute Gasteiger partial charge is 0.0658 e. The molecule has 24 heavy (non-hydrogen) atoms. The number of fused-ring (bicyclic) bond motifs is 5. The molecule has 4 aliphatic carbocycles.